The van der Waals surface area contributed by atoms with Gasteiger partial charge in [0.1, 0.15) is 5.75 Å². The van der Waals surface area contributed by atoms with Crippen molar-refractivity contribution >= 4 is 64.3 Å². The molecule has 0 aliphatic heterocycles. The van der Waals surface area contributed by atoms with Crippen LogP contribution in [0.15, 0.2) is 12.1 Å². The molecule has 0 aliphatic rings. The molecule has 3 nitrogen and oxygen atoms in total. The molecule has 0 amide bonds. The molecule has 0 bridgehead atoms. The highest BCUT2D eigenvalue weighted by Crippen LogP contribution is 2.42. The molecule has 0 atom stereocenters. The quantitative estimate of drug-likeness (QED) is 0.467. The normalized spacial score (nSPS) is 11.5. The second-order valence-corrected chi connectivity index (χ2v) is 6.85. The number of halogens is 3. The van der Waals surface area contributed by atoms with Gasteiger partial charge in [0.05, 0.1) is 10.0 Å². The maximum atomic E-state index is 8.91. The van der Waals surface area contributed by atoms with Crippen molar-refractivity contribution < 1.29 is 14.3 Å². The summed E-state index contributed by atoms with van der Waals surface area (Å²) >= 11 is 17.8. The van der Waals surface area contributed by atoms with E-state index in [2.05, 4.69) is 16.3 Å². The molecule has 0 aromatic heterocycles. The van der Waals surface area contributed by atoms with Gasteiger partial charge in [0, 0.05) is 21.4 Å². The third kappa shape index (κ3) is 3.81. The van der Waals surface area contributed by atoms with Gasteiger partial charge >= 0.3 is 6.72 Å². The molecular formula is C6H4Cl2IO3PS. The summed E-state index contributed by atoms with van der Waals surface area (Å²) in [4.78, 5) is 17.8. The molecule has 0 fully saturated rings. The fourth-order valence-corrected chi connectivity index (χ4v) is 2.41. The third-order valence-electron chi connectivity index (χ3n) is 1.19. The largest absolute Gasteiger partial charge is 0.423 e. The Morgan fingerprint density at radius 1 is 1.29 bits per heavy atom. The Kier molecular flexibility index (Phi) is 4.47. The first-order valence-corrected chi connectivity index (χ1v) is 7.65. The molecule has 0 saturated heterocycles. The van der Waals surface area contributed by atoms with Gasteiger partial charge in [0.2, 0.25) is 0 Å². The van der Waals surface area contributed by atoms with Gasteiger partial charge in [-0.3, -0.25) is 0 Å². The van der Waals surface area contributed by atoms with E-state index >= 15 is 0 Å². The van der Waals surface area contributed by atoms with Crippen molar-refractivity contribution in [2.45, 2.75) is 0 Å². The lowest BCUT2D eigenvalue weighted by atomic mass is 10.3. The summed E-state index contributed by atoms with van der Waals surface area (Å²) in [6, 6.07) is 2.93. The Morgan fingerprint density at radius 3 is 2.36 bits per heavy atom. The molecule has 8 heteroatoms. The van der Waals surface area contributed by atoms with E-state index in [9.17, 15) is 0 Å². The molecule has 1 rings (SSSR count). The molecule has 0 saturated carbocycles. The molecule has 0 aliphatic carbocycles. The van der Waals surface area contributed by atoms with Crippen molar-refractivity contribution in [1.82, 2.24) is 0 Å². The van der Waals surface area contributed by atoms with E-state index < -0.39 is 6.72 Å². The highest BCUT2D eigenvalue weighted by Gasteiger charge is 2.14. The highest BCUT2D eigenvalue weighted by molar-refractivity contribution is 14.1. The van der Waals surface area contributed by atoms with Crippen LogP contribution in [0.1, 0.15) is 0 Å². The fourth-order valence-electron chi connectivity index (χ4n) is 0.702. The van der Waals surface area contributed by atoms with Crippen LogP contribution < -0.4 is 4.52 Å². The average molecular weight is 385 g/mol. The molecule has 14 heavy (non-hydrogen) atoms. The number of benzene rings is 1. The Labute approximate surface area is 109 Å². The zero-order chi connectivity index (χ0) is 10.9. The van der Waals surface area contributed by atoms with Gasteiger partial charge in [-0.1, -0.05) is 23.2 Å². The summed E-state index contributed by atoms with van der Waals surface area (Å²) in [7, 11) is 0. The monoisotopic (exact) mass is 384 g/mol. The van der Waals surface area contributed by atoms with Crippen molar-refractivity contribution in [3.05, 3.63) is 25.7 Å². The lowest BCUT2D eigenvalue weighted by molar-refractivity contribution is 0.370. The topological polar surface area (TPSA) is 49.7 Å². The number of rotatable bonds is 2. The minimum Gasteiger partial charge on any atom is -0.423 e. The Morgan fingerprint density at radius 2 is 1.86 bits per heavy atom. The Balaban J connectivity index is 3.11. The van der Waals surface area contributed by atoms with Gasteiger partial charge in [-0.2, -0.15) is 0 Å². The molecule has 1 aromatic carbocycles. The van der Waals surface area contributed by atoms with Gasteiger partial charge in [-0.15, -0.1) is 0 Å². The van der Waals surface area contributed by atoms with Crippen LogP contribution in [0.5, 0.6) is 5.75 Å². The predicted octanol–water partition coefficient (Wildman–Crippen LogP) is 3.19. The summed E-state index contributed by atoms with van der Waals surface area (Å²) in [5, 5.41) is 0.643. The zero-order valence-electron chi connectivity index (χ0n) is 6.45. The van der Waals surface area contributed by atoms with Crippen molar-refractivity contribution in [1.29, 1.82) is 0 Å². The standard InChI is InChI=1S/C6H4Cl2IO3PS/c7-3-2-6(12-13(10,11)14)4(8)1-5(3)9/h1-2H,(H2,10,11,14). The molecule has 2 N–H and O–H groups in total. The molecule has 1 aromatic rings. The summed E-state index contributed by atoms with van der Waals surface area (Å²) in [5.74, 6) is 0.0745. The predicted molar refractivity (Wildman–Crippen MR) is 68.5 cm³/mol. The molecule has 0 unspecified atom stereocenters. The first-order valence-electron chi connectivity index (χ1n) is 3.19. The van der Waals surface area contributed by atoms with Gasteiger partial charge in [0.25, 0.3) is 0 Å². The second kappa shape index (κ2) is 4.82. The molecule has 0 spiro atoms. The molecule has 78 valence electrons. The van der Waals surface area contributed by atoms with Crippen LogP contribution in [-0.2, 0) is 11.8 Å². The lowest BCUT2D eigenvalue weighted by Crippen LogP contribution is -1.91. The lowest BCUT2D eigenvalue weighted by Gasteiger charge is -2.11. The SMILES string of the molecule is OP(O)(=S)Oc1cc(Cl)c(I)cc1Cl. The smallest absolute Gasteiger partial charge is 0.375 e. The Bertz CT molecular complexity index is 408. The second-order valence-electron chi connectivity index (χ2n) is 2.28. The molecular weight excluding hydrogens is 381 g/mol. The summed E-state index contributed by atoms with van der Waals surface area (Å²) < 4.78 is 5.43. The van der Waals surface area contributed by atoms with Crippen LogP contribution in [0.2, 0.25) is 10.0 Å². The van der Waals surface area contributed by atoms with Crippen LogP contribution in [0.3, 0.4) is 0 Å². The van der Waals surface area contributed by atoms with E-state index in [-0.39, 0.29) is 10.8 Å². The van der Waals surface area contributed by atoms with Crippen LogP contribution in [0.4, 0.5) is 0 Å². The summed E-state index contributed by atoms with van der Waals surface area (Å²) in [5.41, 5.74) is 0. The molecule has 0 radical (unpaired) electrons. The van der Waals surface area contributed by atoms with Crippen molar-refractivity contribution in [2.24, 2.45) is 0 Å². The van der Waals surface area contributed by atoms with Crippen LogP contribution in [0.25, 0.3) is 0 Å². The third-order valence-corrected chi connectivity index (χ3v) is 3.67. The zero-order valence-corrected chi connectivity index (χ0v) is 11.8. The minimum atomic E-state index is -3.76. The minimum absolute atomic E-state index is 0.0745. The van der Waals surface area contributed by atoms with Crippen molar-refractivity contribution in [3.8, 4) is 5.75 Å². The fraction of sp³-hybridized carbons (Fsp3) is 0. The number of hydrogen-bond donors (Lipinski definition) is 2. The van der Waals surface area contributed by atoms with Gasteiger partial charge < -0.3 is 14.3 Å². The number of hydrogen-bond acceptors (Lipinski definition) is 2. The maximum absolute atomic E-state index is 8.91. The summed E-state index contributed by atoms with van der Waals surface area (Å²) in [6.07, 6.45) is 0. The van der Waals surface area contributed by atoms with E-state index in [0.29, 0.717) is 5.02 Å². The first kappa shape index (κ1) is 13.0. The van der Waals surface area contributed by atoms with E-state index in [1.807, 2.05) is 22.6 Å². The van der Waals surface area contributed by atoms with Crippen molar-refractivity contribution in [3.63, 3.8) is 0 Å². The van der Waals surface area contributed by atoms with Gasteiger partial charge in [0.15, 0.2) is 0 Å². The van der Waals surface area contributed by atoms with E-state index in [4.69, 9.17) is 33.0 Å². The molecule has 0 heterocycles. The van der Waals surface area contributed by atoms with Gasteiger partial charge in [-0.25, -0.2) is 0 Å². The van der Waals surface area contributed by atoms with Crippen LogP contribution in [0, 0.1) is 3.57 Å². The average Bonchev–Trinajstić information content (AvgIpc) is 1.97. The van der Waals surface area contributed by atoms with Crippen LogP contribution >= 0.6 is 52.5 Å². The van der Waals surface area contributed by atoms with E-state index in [1.54, 1.807) is 6.07 Å². The van der Waals surface area contributed by atoms with Crippen molar-refractivity contribution in [2.75, 3.05) is 0 Å². The highest BCUT2D eigenvalue weighted by atomic mass is 127. The Hall–Kier alpha value is 0.900. The van der Waals surface area contributed by atoms with Gasteiger partial charge in [-0.05, 0) is 28.7 Å². The maximum Gasteiger partial charge on any atom is 0.375 e. The first-order chi connectivity index (χ1) is 6.29. The van der Waals surface area contributed by atoms with Crippen LogP contribution in [-0.4, -0.2) is 9.79 Å². The van der Waals surface area contributed by atoms with E-state index in [0.717, 1.165) is 3.57 Å². The summed E-state index contributed by atoms with van der Waals surface area (Å²) in [6.45, 7) is -3.76. The van der Waals surface area contributed by atoms with E-state index in [1.165, 1.54) is 6.07 Å².